The van der Waals surface area contributed by atoms with Crippen LogP contribution in [0.3, 0.4) is 0 Å². The van der Waals surface area contributed by atoms with Crippen molar-refractivity contribution < 1.29 is 8.42 Å². The molecule has 1 saturated heterocycles. The van der Waals surface area contributed by atoms with Crippen LogP contribution in [-0.4, -0.2) is 62.2 Å². The first-order valence-corrected chi connectivity index (χ1v) is 11.8. The second-order valence-electron chi connectivity index (χ2n) is 7.32. The largest absolute Gasteiger partial charge is 0.356 e. The Bertz CT molecular complexity index is 1110. The SMILES string of the molecule is CCN(CC)c1ccc(N2CCN(S(=O)(=O)c3ccc4ccccc4c3)CC2)nn1. The van der Waals surface area contributed by atoms with E-state index in [0.29, 0.717) is 31.1 Å². The summed E-state index contributed by atoms with van der Waals surface area (Å²) in [5.74, 6) is 1.65. The summed E-state index contributed by atoms with van der Waals surface area (Å²) < 4.78 is 27.8. The van der Waals surface area contributed by atoms with E-state index in [-0.39, 0.29) is 0 Å². The van der Waals surface area contributed by atoms with Crippen LogP contribution >= 0.6 is 0 Å². The summed E-state index contributed by atoms with van der Waals surface area (Å²) in [5, 5.41) is 10.7. The van der Waals surface area contributed by atoms with Gasteiger partial charge < -0.3 is 9.80 Å². The Morgan fingerprint density at radius 2 is 1.57 bits per heavy atom. The molecule has 3 aromatic rings. The van der Waals surface area contributed by atoms with Gasteiger partial charge in [0.15, 0.2) is 11.6 Å². The summed E-state index contributed by atoms with van der Waals surface area (Å²) in [6, 6.07) is 17.1. The fraction of sp³-hybridized carbons (Fsp3) is 0.364. The molecule has 0 unspecified atom stereocenters. The number of benzene rings is 2. The molecule has 1 aliphatic rings. The molecular weight excluding hydrogens is 398 g/mol. The van der Waals surface area contributed by atoms with E-state index in [4.69, 9.17) is 0 Å². The molecule has 2 aromatic carbocycles. The second kappa shape index (κ2) is 8.57. The Morgan fingerprint density at radius 3 is 2.20 bits per heavy atom. The molecule has 2 heterocycles. The van der Waals surface area contributed by atoms with Gasteiger partial charge in [-0.15, -0.1) is 10.2 Å². The van der Waals surface area contributed by atoms with Gasteiger partial charge in [-0.25, -0.2) is 8.42 Å². The zero-order valence-corrected chi connectivity index (χ0v) is 18.2. The van der Waals surface area contributed by atoms with Crippen molar-refractivity contribution in [1.82, 2.24) is 14.5 Å². The maximum absolute atomic E-state index is 13.1. The van der Waals surface area contributed by atoms with Crippen LogP contribution < -0.4 is 9.80 Å². The van der Waals surface area contributed by atoms with Crippen LogP contribution in [0.4, 0.5) is 11.6 Å². The molecule has 0 spiro atoms. The third kappa shape index (κ3) is 3.97. The minimum atomic E-state index is -3.52. The van der Waals surface area contributed by atoms with Gasteiger partial charge in [0.05, 0.1) is 4.90 Å². The van der Waals surface area contributed by atoms with Crippen molar-refractivity contribution in [2.45, 2.75) is 18.7 Å². The minimum Gasteiger partial charge on any atom is -0.356 e. The summed E-state index contributed by atoms with van der Waals surface area (Å²) in [6.45, 7) is 7.98. The Balaban J connectivity index is 1.45. The van der Waals surface area contributed by atoms with Crippen molar-refractivity contribution in [3.05, 3.63) is 54.6 Å². The Labute approximate surface area is 178 Å². The highest BCUT2D eigenvalue weighted by molar-refractivity contribution is 7.89. The number of sulfonamides is 1. The highest BCUT2D eigenvalue weighted by Gasteiger charge is 2.29. The third-order valence-electron chi connectivity index (χ3n) is 5.65. The number of aromatic nitrogens is 2. The molecule has 1 aliphatic heterocycles. The van der Waals surface area contributed by atoms with E-state index in [9.17, 15) is 8.42 Å². The van der Waals surface area contributed by atoms with Gasteiger partial charge in [-0.3, -0.25) is 0 Å². The fourth-order valence-corrected chi connectivity index (χ4v) is 5.30. The zero-order valence-electron chi connectivity index (χ0n) is 17.4. The zero-order chi connectivity index (χ0) is 21.1. The first kappa shape index (κ1) is 20.6. The van der Waals surface area contributed by atoms with Crippen molar-refractivity contribution in [2.24, 2.45) is 0 Å². The molecule has 1 fully saturated rings. The molecule has 158 valence electrons. The van der Waals surface area contributed by atoms with Crippen LogP contribution in [0.5, 0.6) is 0 Å². The fourth-order valence-electron chi connectivity index (χ4n) is 3.84. The summed E-state index contributed by atoms with van der Waals surface area (Å²) in [5.41, 5.74) is 0. The number of hydrogen-bond donors (Lipinski definition) is 0. The smallest absolute Gasteiger partial charge is 0.243 e. The predicted molar refractivity (Wildman–Crippen MR) is 121 cm³/mol. The van der Waals surface area contributed by atoms with Crippen LogP contribution in [0.1, 0.15) is 13.8 Å². The van der Waals surface area contributed by atoms with Gasteiger partial charge in [-0.05, 0) is 48.9 Å². The first-order chi connectivity index (χ1) is 14.5. The summed E-state index contributed by atoms with van der Waals surface area (Å²) in [4.78, 5) is 4.58. The highest BCUT2D eigenvalue weighted by Crippen LogP contribution is 2.24. The summed E-state index contributed by atoms with van der Waals surface area (Å²) in [6.07, 6.45) is 0. The molecule has 4 rings (SSSR count). The molecule has 30 heavy (non-hydrogen) atoms. The number of rotatable bonds is 6. The molecule has 0 aliphatic carbocycles. The molecule has 7 nitrogen and oxygen atoms in total. The van der Waals surface area contributed by atoms with Gasteiger partial charge >= 0.3 is 0 Å². The Kier molecular flexibility index (Phi) is 5.87. The van der Waals surface area contributed by atoms with Gasteiger partial charge in [-0.2, -0.15) is 4.31 Å². The van der Waals surface area contributed by atoms with Crippen LogP contribution in [0.15, 0.2) is 59.5 Å². The third-order valence-corrected chi connectivity index (χ3v) is 7.54. The van der Waals surface area contributed by atoms with E-state index >= 15 is 0 Å². The van der Waals surface area contributed by atoms with E-state index in [0.717, 1.165) is 35.5 Å². The Morgan fingerprint density at radius 1 is 0.867 bits per heavy atom. The predicted octanol–water partition coefficient (Wildman–Crippen LogP) is 2.99. The average Bonchev–Trinajstić information content (AvgIpc) is 2.80. The minimum absolute atomic E-state index is 0.345. The first-order valence-electron chi connectivity index (χ1n) is 10.4. The molecule has 0 bridgehead atoms. The summed E-state index contributed by atoms with van der Waals surface area (Å²) in [7, 11) is -3.52. The van der Waals surface area contributed by atoms with Gasteiger partial charge in [0.1, 0.15) is 0 Å². The van der Waals surface area contributed by atoms with Gasteiger partial charge in [0.25, 0.3) is 0 Å². The van der Waals surface area contributed by atoms with Crippen LogP contribution in [0, 0.1) is 0 Å². The molecule has 1 aromatic heterocycles. The Hall–Kier alpha value is -2.71. The molecule has 0 atom stereocenters. The van der Waals surface area contributed by atoms with E-state index < -0.39 is 10.0 Å². The summed E-state index contributed by atoms with van der Waals surface area (Å²) >= 11 is 0. The molecule has 0 radical (unpaired) electrons. The average molecular weight is 426 g/mol. The van der Waals surface area contributed by atoms with Gasteiger partial charge in [0, 0.05) is 39.3 Å². The molecule has 0 saturated carbocycles. The molecule has 0 amide bonds. The molecule has 8 heteroatoms. The van der Waals surface area contributed by atoms with E-state index in [1.54, 1.807) is 16.4 Å². The number of fused-ring (bicyclic) bond motifs is 1. The van der Waals surface area contributed by atoms with Crippen LogP contribution in [-0.2, 0) is 10.0 Å². The lowest BCUT2D eigenvalue weighted by Gasteiger charge is -2.34. The monoisotopic (exact) mass is 425 g/mol. The van der Waals surface area contributed by atoms with Crippen molar-refractivity contribution in [1.29, 1.82) is 0 Å². The molecule has 0 N–H and O–H groups in total. The molecular formula is C22H27N5O2S. The van der Waals surface area contributed by atoms with E-state index in [2.05, 4.69) is 33.8 Å². The number of hydrogen-bond acceptors (Lipinski definition) is 6. The topological polar surface area (TPSA) is 69.6 Å². The van der Waals surface area contributed by atoms with Crippen molar-refractivity contribution in [3.63, 3.8) is 0 Å². The number of anilines is 2. The maximum atomic E-state index is 13.1. The quantitative estimate of drug-likeness (QED) is 0.605. The van der Waals surface area contributed by atoms with Crippen molar-refractivity contribution >= 4 is 32.4 Å². The van der Waals surface area contributed by atoms with Crippen LogP contribution in [0.2, 0.25) is 0 Å². The number of nitrogens with zero attached hydrogens (tertiary/aromatic N) is 5. The normalized spacial score (nSPS) is 15.5. The van der Waals surface area contributed by atoms with Crippen molar-refractivity contribution in [3.8, 4) is 0 Å². The van der Waals surface area contributed by atoms with Crippen molar-refractivity contribution in [2.75, 3.05) is 49.1 Å². The highest BCUT2D eigenvalue weighted by atomic mass is 32.2. The van der Waals surface area contributed by atoms with E-state index in [1.807, 2.05) is 42.5 Å². The lowest BCUT2D eigenvalue weighted by atomic mass is 10.1. The van der Waals surface area contributed by atoms with Gasteiger partial charge in [-0.1, -0.05) is 30.3 Å². The second-order valence-corrected chi connectivity index (χ2v) is 9.26. The van der Waals surface area contributed by atoms with Gasteiger partial charge in [0.2, 0.25) is 10.0 Å². The standard InChI is InChI=1S/C22H27N5O2S/c1-3-25(4-2)21-11-12-22(24-23-21)26-13-15-27(16-14-26)30(28,29)20-10-9-18-7-5-6-8-19(18)17-20/h5-12,17H,3-4,13-16H2,1-2H3. The maximum Gasteiger partial charge on any atom is 0.243 e. The lowest BCUT2D eigenvalue weighted by molar-refractivity contribution is 0.383. The van der Waals surface area contributed by atoms with Crippen LogP contribution in [0.25, 0.3) is 10.8 Å². The number of piperazine rings is 1. The van der Waals surface area contributed by atoms with E-state index in [1.165, 1.54) is 0 Å². The lowest BCUT2D eigenvalue weighted by Crippen LogP contribution is -2.49.